The number of fused-ring (bicyclic) bond motifs is 1. The summed E-state index contributed by atoms with van der Waals surface area (Å²) >= 11 is 6.32. The topological polar surface area (TPSA) is 30.7 Å². The van der Waals surface area contributed by atoms with Crippen molar-refractivity contribution in [3.63, 3.8) is 0 Å². The van der Waals surface area contributed by atoms with E-state index in [0.29, 0.717) is 0 Å². The summed E-state index contributed by atoms with van der Waals surface area (Å²) in [5.41, 5.74) is 3.10. The van der Waals surface area contributed by atoms with Crippen molar-refractivity contribution < 1.29 is 0 Å². The van der Waals surface area contributed by atoms with Gasteiger partial charge in [-0.05, 0) is 50.2 Å². The highest BCUT2D eigenvalue weighted by atomic mass is 35.5. The quantitative estimate of drug-likeness (QED) is 0.781. The fraction of sp³-hybridized carbons (Fsp3) is 0.625. The number of rotatable bonds is 3. The predicted octanol–water partition coefficient (Wildman–Crippen LogP) is 4.48. The minimum atomic E-state index is -0.0802. The fourth-order valence-corrected chi connectivity index (χ4v) is 3.53. The third-order valence-electron chi connectivity index (χ3n) is 4.35. The minimum Gasteiger partial charge on any atom is -0.311 e. The monoisotopic (exact) mass is 291 g/mol. The van der Waals surface area contributed by atoms with Crippen LogP contribution in [0.3, 0.4) is 0 Å². The number of hydrogen-bond acceptors (Lipinski definition) is 2. The highest BCUT2D eigenvalue weighted by Gasteiger charge is 2.24. The van der Waals surface area contributed by atoms with Gasteiger partial charge in [0.25, 0.3) is 0 Å². The molecule has 1 aliphatic rings. The van der Waals surface area contributed by atoms with Crippen LogP contribution in [0.4, 0.5) is 0 Å². The molecule has 1 aliphatic carbocycles. The number of imidazole rings is 1. The largest absolute Gasteiger partial charge is 0.311 e. The summed E-state index contributed by atoms with van der Waals surface area (Å²) in [5.74, 6) is 2.54. The van der Waals surface area contributed by atoms with E-state index in [1.165, 1.54) is 19.3 Å². The van der Waals surface area contributed by atoms with Gasteiger partial charge in [0, 0.05) is 12.7 Å². The van der Waals surface area contributed by atoms with Crippen LogP contribution in [-0.4, -0.2) is 14.5 Å². The van der Waals surface area contributed by atoms with Gasteiger partial charge in [-0.2, -0.15) is 0 Å². The molecular weight excluding hydrogens is 270 g/mol. The molecule has 3 atom stereocenters. The van der Waals surface area contributed by atoms with Gasteiger partial charge >= 0.3 is 0 Å². The molecule has 3 rings (SSSR count). The third kappa shape index (κ3) is 2.56. The Morgan fingerprint density at radius 1 is 1.45 bits per heavy atom. The first-order valence-corrected chi connectivity index (χ1v) is 7.95. The number of aryl methyl sites for hydroxylation is 1. The van der Waals surface area contributed by atoms with Gasteiger partial charge in [0.1, 0.15) is 11.3 Å². The lowest BCUT2D eigenvalue weighted by atomic mass is 10.1. The molecule has 0 amide bonds. The molecule has 0 aliphatic heterocycles. The van der Waals surface area contributed by atoms with Gasteiger partial charge in [-0.3, -0.25) is 0 Å². The van der Waals surface area contributed by atoms with Gasteiger partial charge in [-0.25, -0.2) is 9.97 Å². The zero-order valence-corrected chi connectivity index (χ0v) is 13.2. The van der Waals surface area contributed by atoms with Crippen LogP contribution in [0, 0.1) is 18.8 Å². The molecule has 0 aromatic carbocycles. The molecule has 1 saturated carbocycles. The van der Waals surface area contributed by atoms with Crippen molar-refractivity contribution in [2.75, 3.05) is 0 Å². The van der Waals surface area contributed by atoms with Crippen LogP contribution in [0.25, 0.3) is 11.2 Å². The van der Waals surface area contributed by atoms with E-state index in [2.05, 4.69) is 22.5 Å². The molecule has 2 aromatic rings. The van der Waals surface area contributed by atoms with Crippen LogP contribution in [0.2, 0.25) is 0 Å². The number of nitrogens with zero attached hydrogens (tertiary/aromatic N) is 3. The Hall–Kier alpha value is -1.09. The van der Waals surface area contributed by atoms with E-state index in [-0.39, 0.29) is 5.38 Å². The van der Waals surface area contributed by atoms with E-state index in [1.54, 1.807) is 0 Å². The lowest BCUT2D eigenvalue weighted by Gasteiger charge is -2.15. The number of hydrogen-bond donors (Lipinski definition) is 0. The molecule has 0 spiro atoms. The molecule has 3 unspecified atom stereocenters. The van der Waals surface area contributed by atoms with Crippen molar-refractivity contribution in [2.24, 2.45) is 11.8 Å². The molecule has 1 fully saturated rings. The van der Waals surface area contributed by atoms with Crippen molar-refractivity contribution >= 4 is 22.8 Å². The van der Waals surface area contributed by atoms with Crippen LogP contribution < -0.4 is 0 Å². The van der Waals surface area contributed by atoms with Crippen LogP contribution in [0.1, 0.15) is 49.9 Å². The number of alkyl halides is 1. The summed E-state index contributed by atoms with van der Waals surface area (Å²) in [6, 6.07) is 2.10. The molecular formula is C16H22ClN3. The zero-order chi connectivity index (χ0) is 14.3. The lowest BCUT2D eigenvalue weighted by Crippen LogP contribution is -2.12. The maximum Gasteiger partial charge on any atom is 0.160 e. The average molecular weight is 292 g/mol. The summed E-state index contributed by atoms with van der Waals surface area (Å²) in [5, 5.41) is -0.0802. The van der Waals surface area contributed by atoms with Crippen molar-refractivity contribution in [3.05, 3.63) is 23.7 Å². The molecule has 2 aromatic heterocycles. The Labute approximate surface area is 125 Å². The van der Waals surface area contributed by atoms with E-state index >= 15 is 0 Å². The molecule has 20 heavy (non-hydrogen) atoms. The molecule has 0 bridgehead atoms. The zero-order valence-electron chi connectivity index (χ0n) is 12.4. The van der Waals surface area contributed by atoms with E-state index in [4.69, 9.17) is 16.6 Å². The second kappa shape index (κ2) is 5.36. The van der Waals surface area contributed by atoms with Gasteiger partial charge < -0.3 is 4.57 Å². The van der Waals surface area contributed by atoms with E-state index in [0.717, 1.165) is 40.9 Å². The summed E-state index contributed by atoms with van der Waals surface area (Å²) < 4.78 is 2.25. The first-order chi connectivity index (χ1) is 9.54. The summed E-state index contributed by atoms with van der Waals surface area (Å²) in [7, 11) is 0. The van der Waals surface area contributed by atoms with Crippen LogP contribution in [-0.2, 0) is 6.54 Å². The van der Waals surface area contributed by atoms with E-state index in [1.807, 2.05) is 20.0 Å². The predicted molar refractivity (Wildman–Crippen MR) is 83.0 cm³/mol. The average Bonchev–Trinajstić information content (AvgIpc) is 2.94. The van der Waals surface area contributed by atoms with Gasteiger partial charge in [0.05, 0.1) is 5.38 Å². The Morgan fingerprint density at radius 2 is 2.25 bits per heavy atom. The van der Waals surface area contributed by atoms with Crippen molar-refractivity contribution in [2.45, 2.75) is 52.0 Å². The summed E-state index contributed by atoms with van der Waals surface area (Å²) in [6.45, 7) is 7.39. The first-order valence-electron chi connectivity index (χ1n) is 7.51. The third-order valence-corrected chi connectivity index (χ3v) is 4.55. The Bertz CT molecular complexity index is 617. The molecule has 2 heterocycles. The van der Waals surface area contributed by atoms with Crippen LogP contribution in [0.5, 0.6) is 0 Å². The van der Waals surface area contributed by atoms with E-state index in [9.17, 15) is 0 Å². The Morgan fingerprint density at radius 3 is 2.90 bits per heavy atom. The number of halogens is 1. The fourth-order valence-electron chi connectivity index (χ4n) is 3.36. The van der Waals surface area contributed by atoms with Crippen molar-refractivity contribution in [1.29, 1.82) is 0 Å². The van der Waals surface area contributed by atoms with Gasteiger partial charge in [0.15, 0.2) is 5.65 Å². The normalized spacial score (nSPS) is 24.4. The highest BCUT2D eigenvalue weighted by Crippen LogP contribution is 2.33. The van der Waals surface area contributed by atoms with Gasteiger partial charge in [-0.1, -0.05) is 13.3 Å². The summed E-state index contributed by atoms with van der Waals surface area (Å²) in [4.78, 5) is 9.29. The van der Waals surface area contributed by atoms with E-state index < -0.39 is 0 Å². The maximum atomic E-state index is 6.32. The van der Waals surface area contributed by atoms with Crippen molar-refractivity contribution in [3.8, 4) is 0 Å². The smallest absolute Gasteiger partial charge is 0.160 e. The molecule has 3 nitrogen and oxygen atoms in total. The molecule has 0 N–H and O–H groups in total. The Kier molecular flexibility index (Phi) is 3.72. The summed E-state index contributed by atoms with van der Waals surface area (Å²) in [6.07, 6.45) is 5.88. The SMILES string of the molecule is Cc1cnc2c(c1)nc(C(C)Cl)n2CC1CCC(C)C1. The first kappa shape index (κ1) is 13.9. The molecule has 108 valence electrons. The van der Waals surface area contributed by atoms with Crippen LogP contribution >= 0.6 is 11.6 Å². The van der Waals surface area contributed by atoms with Gasteiger partial charge in [0.2, 0.25) is 0 Å². The van der Waals surface area contributed by atoms with Crippen molar-refractivity contribution in [1.82, 2.24) is 14.5 Å². The molecule has 4 heteroatoms. The molecule has 0 radical (unpaired) electrons. The Balaban J connectivity index is 2.00. The van der Waals surface area contributed by atoms with Crippen LogP contribution in [0.15, 0.2) is 12.3 Å². The number of pyridine rings is 1. The van der Waals surface area contributed by atoms with Gasteiger partial charge in [-0.15, -0.1) is 11.6 Å². The second-order valence-corrected chi connectivity index (χ2v) is 6.99. The number of aromatic nitrogens is 3. The maximum absolute atomic E-state index is 6.32. The second-order valence-electron chi connectivity index (χ2n) is 6.34. The lowest BCUT2D eigenvalue weighted by molar-refractivity contribution is 0.437. The minimum absolute atomic E-state index is 0.0802. The highest BCUT2D eigenvalue weighted by molar-refractivity contribution is 6.20. The standard InChI is InChI=1S/C16H22ClN3/c1-10-4-5-13(6-10)9-20-15(12(3)17)19-14-7-11(2)8-18-16(14)20/h7-8,10,12-13H,4-6,9H2,1-3H3. The molecule has 0 saturated heterocycles.